The first-order valence-electron chi connectivity index (χ1n) is 4.85. The minimum atomic E-state index is -2.09. The summed E-state index contributed by atoms with van der Waals surface area (Å²) in [5.41, 5.74) is 6.81. The standard InChI is InChI=1S/C11H18NOP.ClH/c1-14(2,13)11(8-9-12)10-6-4-3-5-7-10;/h3-7,11H,8-9,12H2,1-2H3;1H. The van der Waals surface area contributed by atoms with E-state index in [1.165, 1.54) is 0 Å². The van der Waals surface area contributed by atoms with E-state index in [-0.39, 0.29) is 18.1 Å². The highest BCUT2D eigenvalue weighted by molar-refractivity contribution is 7.62. The molecule has 0 saturated heterocycles. The highest BCUT2D eigenvalue weighted by Crippen LogP contribution is 2.54. The summed E-state index contributed by atoms with van der Waals surface area (Å²) in [6, 6.07) is 9.99. The molecule has 0 bridgehead atoms. The van der Waals surface area contributed by atoms with Crippen LogP contribution < -0.4 is 5.73 Å². The summed E-state index contributed by atoms with van der Waals surface area (Å²) in [7, 11) is -2.09. The van der Waals surface area contributed by atoms with E-state index in [2.05, 4.69) is 0 Å². The second kappa shape index (κ2) is 6.32. The summed E-state index contributed by atoms with van der Waals surface area (Å²) in [4.78, 5) is 0. The van der Waals surface area contributed by atoms with Gasteiger partial charge in [0.1, 0.15) is 0 Å². The molecule has 4 heteroatoms. The molecule has 1 aromatic rings. The number of nitrogens with two attached hydrogens (primary N) is 1. The average molecular weight is 248 g/mol. The van der Waals surface area contributed by atoms with Gasteiger partial charge in [-0.1, -0.05) is 30.3 Å². The molecule has 0 saturated carbocycles. The Bertz CT molecular complexity index is 323. The van der Waals surface area contributed by atoms with Crippen molar-refractivity contribution in [2.24, 2.45) is 5.73 Å². The third-order valence-electron chi connectivity index (χ3n) is 2.38. The van der Waals surface area contributed by atoms with Gasteiger partial charge in [0.05, 0.1) is 7.14 Å². The lowest BCUT2D eigenvalue weighted by Gasteiger charge is -2.21. The minimum Gasteiger partial charge on any atom is -0.330 e. The molecule has 0 amide bonds. The monoisotopic (exact) mass is 247 g/mol. The Labute approximate surface area is 98.0 Å². The largest absolute Gasteiger partial charge is 0.330 e. The van der Waals surface area contributed by atoms with Crippen molar-refractivity contribution < 1.29 is 4.57 Å². The lowest BCUT2D eigenvalue weighted by Crippen LogP contribution is -2.07. The maximum atomic E-state index is 12.0. The van der Waals surface area contributed by atoms with Gasteiger partial charge in [0.2, 0.25) is 0 Å². The molecule has 0 spiro atoms. The van der Waals surface area contributed by atoms with Gasteiger partial charge in [-0.05, 0) is 31.9 Å². The van der Waals surface area contributed by atoms with E-state index in [1.54, 1.807) is 0 Å². The third-order valence-corrected chi connectivity index (χ3v) is 4.43. The van der Waals surface area contributed by atoms with Crippen molar-refractivity contribution in [3.05, 3.63) is 35.9 Å². The van der Waals surface area contributed by atoms with Gasteiger partial charge in [0, 0.05) is 5.66 Å². The van der Waals surface area contributed by atoms with Gasteiger partial charge in [-0.2, -0.15) is 0 Å². The van der Waals surface area contributed by atoms with Crippen LogP contribution in [0.15, 0.2) is 30.3 Å². The molecule has 1 aromatic carbocycles. The van der Waals surface area contributed by atoms with Gasteiger partial charge in [0.25, 0.3) is 0 Å². The van der Waals surface area contributed by atoms with Crippen LogP contribution in [0.1, 0.15) is 17.6 Å². The number of hydrogen-bond donors (Lipinski definition) is 1. The zero-order valence-electron chi connectivity index (χ0n) is 9.22. The van der Waals surface area contributed by atoms with Gasteiger partial charge in [-0.3, -0.25) is 0 Å². The Balaban J connectivity index is 0.00000196. The van der Waals surface area contributed by atoms with Gasteiger partial charge in [0.15, 0.2) is 0 Å². The Morgan fingerprint density at radius 2 is 1.80 bits per heavy atom. The number of rotatable bonds is 4. The summed E-state index contributed by atoms with van der Waals surface area (Å²) in [6.07, 6.45) is 0.800. The maximum absolute atomic E-state index is 12.0. The second-order valence-corrected chi connectivity index (χ2v) is 7.43. The summed E-state index contributed by atoms with van der Waals surface area (Å²) < 4.78 is 12.0. The molecule has 1 unspecified atom stereocenters. The fourth-order valence-corrected chi connectivity index (χ4v) is 3.33. The SMILES string of the molecule is CP(C)(=O)C(CCN)c1ccccc1.Cl. The predicted octanol–water partition coefficient (Wildman–Crippen LogP) is 3.12. The van der Waals surface area contributed by atoms with E-state index in [0.29, 0.717) is 6.54 Å². The van der Waals surface area contributed by atoms with Gasteiger partial charge in [-0.25, -0.2) is 0 Å². The minimum absolute atomic E-state index is 0. The van der Waals surface area contributed by atoms with Crippen LogP contribution in [-0.2, 0) is 4.57 Å². The van der Waals surface area contributed by atoms with Crippen molar-refractivity contribution >= 4 is 19.5 Å². The van der Waals surface area contributed by atoms with Crippen LogP contribution >= 0.6 is 19.5 Å². The lowest BCUT2D eigenvalue weighted by atomic mass is 10.1. The van der Waals surface area contributed by atoms with Gasteiger partial charge >= 0.3 is 0 Å². The van der Waals surface area contributed by atoms with Crippen molar-refractivity contribution in [2.45, 2.75) is 12.1 Å². The topological polar surface area (TPSA) is 43.1 Å². The molecular formula is C11H19ClNOP. The fraction of sp³-hybridized carbons (Fsp3) is 0.455. The van der Waals surface area contributed by atoms with Gasteiger partial charge < -0.3 is 10.3 Å². The molecule has 0 aliphatic rings. The first kappa shape index (κ1) is 14.7. The molecular weight excluding hydrogens is 229 g/mol. The normalized spacial score (nSPS) is 13.0. The van der Waals surface area contributed by atoms with Crippen LogP contribution in [0.2, 0.25) is 0 Å². The van der Waals surface area contributed by atoms with E-state index in [0.717, 1.165) is 12.0 Å². The summed E-state index contributed by atoms with van der Waals surface area (Å²) in [5, 5.41) is 0. The molecule has 0 radical (unpaired) electrons. The van der Waals surface area contributed by atoms with E-state index >= 15 is 0 Å². The second-order valence-electron chi connectivity index (χ2n) is 3.94. The number of benzene rings is 1. The predicted molar refractivity (Wildman–Crippen MR) is 69.6 cm³/mol. The maximum Gasteiger partial charge on any atom is 0.0890 e. The molecule has 0 heterocycles. The van der Waals surface area contributed by atoms with E-state index in [1.807, 2.05) is 43.7 Å². The smallest absolute Gasteiger partial charge is 0.0890 e. The van der Waals surface area contributed by atoms with Crippen molar-refractivity contribution in [1.82, 2.24) is 0 Å². The van der Waals surface area contributed by atoms with Crippen LogP contribution in [0.5, 0.6) is 0 Å². The molecule has 1 rings (SSSR count). The molecule has 2 nitrogen and oxygen atoms in total. The van der Waals surface area contributed by atoms with Crippen molar-refractivity contribution in [3.8, 4) is 0 Å². The van der Waals surface area contributed by atoms with Crippen LogP contribution in [0.3, 0.4) is 0 Å². The quantitative estimate of drug-likeness (QED) is 0.831. The molecule has 1 atom stereocenters. The van der Waals surface area contributed by atoms with E-state index in [4.69, 9.17) is 5.73 Å². The van der Waals surface area contributed by atoms with Crippen molar-refractivity contribution in [1.29, 1.82) is 0 Å². The van der Waals surface area contributed by atoms with Crippen molar-refractivity contribution in [2.75, 3.05) is 19.9 Å². The third kappa shape index (κ3) is 4.38. The van der Waals surface area contributed by atoms with E-state index < -0.39 is 7.14 Å². The highest BCUT2D eigenvalue weighted by Gasteiger charge is 2.23. The summed E-state index contributed by atoms with van der Waals surface area (Å²) in [5.74, 6) is 0. The Morgan fingerprint density at radius 1 is 1.27 bits per heavy atom. The number of hydrogen-bond acceptors (Lipinski definition) is 2. The molecule has 0 aromatic heterocycles. The van der Waals surface area contributed by atoms with Crippen LogP contribution in [0, 0.1) is 0 Å². The first-order chi connectivity index (χ1) is 6.55. The van der Waals surface area contributed by atoms with Crippen LogP contribution in [0.4, 0.5) is 0 Å². The van der Waals surface area contributed by atoms with Crippen LogP contribution in [0.25, 0.3) is 0 Å². The molecule has 0 aliphatic heterocycles. The zero-order valence-corrected chi connectivity index (χ0v) is 10.9. The summed E-state index contributed by atoms with van der Waals surface area (Å²) >= 11 is 0. The van der Waals surface area contributed by atoms with Gasteiger partial charge in [-0.15, -0.1) is 12.4 Å². The van der Waals surface area contributed by atoms with Crippen molar-refractivity contribution in [3.63, 3.8) is 0 Å². The molecule has 0 aliphatic carbocycles. The molecule has 0 fully saturated rings. The van der Waals surface area contributed by atoms with Crippen LogP contribution in [-0.4, -0.2) is 19.9 Å². The molecule has 15 heavy (non-hydrogen) atoms. The molecule has 2 N–H and O–H groups in total. The summed E-state index contributed by atoms with van der Waals surface area (Å²) in [6.45, 7) is 4.26. The average Bonchev–Trinajstić information content (AvgIpc) is 2.14. The Kier molecular flexibility index (Phi) is 6.19. The fourth-order valence-electron chi connectivity index (χ4n) is 1.67. The highest BCUT2D eigenvalue weighted by atomic mass is 35.5. The first-order valence-corrected chi connectivity index (χ1v) is 7.52. The lowest BCUT2D eigenvalue weighted by molar-refractivity contribution is 0.569. The molecule has 86 valence electrons. The number of halogens is 1. The Morgan fingerprint density at radius 3 is 2.20 bits per heavy atom. The zero-order chi connectivity index (χ0) is 10.6. The van der Waals surface area contributed by atoms with E-state index in [9.17, 15) is 4.57 Å². The Hall–Kier alpha value is -0.300.